The topological polar surface area (TPSA) is 63.8 Å². The minimum absolute atomic E-state index is 0.549. The summed E-state index contributed by atoms with van der Waals surface area (Å²) in [5.41, 5.74) is 5.74. The molecule has 0 saturated heterocycles. The molecule has 0 spiro atoms. The van der Waals surface area contributed by atoms with Gasteiger partial charge >= 0.3 is 0 Å². The number of nitrogen functional groups attached to an aromatic ring is 1. The van der Waals surface area contributed by atoms with Gasteiger partial charge in [-0.05, 0) is 18.8 Å². The fourth-order valence-corrected chi connectivity index (χ4v) is 1.41. The maximum absolute atomic E-state index is 5.74. The Kier molecular flexibility index (Phi) is 2.75. The van der Waals surface area contributed by atoms with Gasteiger partial charge in [0.25, 0.3) is 0 Å². The van der Waals surface area contributed by atoms with Gasteiger partial charge in [0.15, 0.2) is 0 Å². The number of nitrogens with one attached hydrogen (secondary N) is 1. The molecule has 0 unspecified atom stereocenters. The van der Waals surface area contributed by atoms with Gasteiger partial charge in [-0.3, -0.25) is 0 Å². The molecule has 1 aromatic rings. The van der Waals surface area contributed by atoms with Gasteiger partial charge in [-0.25, -0.2) is 9.97 Å². The molecule has 2 rings (SSSR count). The van der Waals surface area contributed by atoms with E-state index in [9.17, 15) is 0 Å². The Balaban J connectivity index is 2.09. The van der Waals surface area contributed by atoms with E-state index in [1.807, 2.05) is 0 Å². The van der Waals surface area contributed by atoms with Gasteiger partial charge in [-0.1, -0.05) is 13.8 Å². The fourth-order valence-electron chi connectivity index (χ4n) is 1.41. The van der Waals surface area contributed by atoms with Crippen molar-refractivity contribution in [2.45, 2.75) is 32.6 Å². The number of nitrogens with zero attached hydrogens (tertiary/aromatic N) is 2. The first kappa shape index (κ1) is 10.2. The number of rotatable bonds is 4. The number of anilines is 2. The average Bonchev–Trinajstić information content (AvgIpc) is 2.97. The van der Waals surface area contributed by atoms with E-state index in [4.69, 9.17) is 5.73 Å². The smallest absolute Gasteiger partial charge is 0.136 e. The lowest BCUT2D eigenvalue weighted by Gasteiger charge is -2.09. The lowest BCUT2D eigenvalue weighted by molar-refractivity contribution is 0.686. The second-order valence-corrected chi connectivity index (χ2v) is 4.59. The molecule has 0 atom stereocenters. The van der Waals surface area contributed by atoms with Crippen LogP contribution in [0.3, 0.4) is 0 Å². The van der Waals surface area contributed by atoms with Crippen molar-refractivity contribution in [2.75, 3.05) is 17.6 Å². The average molecular weight is 206 g/mol. The first-order chi connectivity index (χ1) is 7.15. The molecule has 0 aliphatic heterocycles. The van der Waals surface area contributed by atoms with E-state index in [0.29, 0.717) is 17.7 Å². The van der Waals surface area contributed by atoms with Crippen LogP contribution in [0.5, 0.6) is 0 Å². The highest BCUT2D eigenvalue weighted by molar-refractivity contribution is 5.45. The molecule has 0 amide bonds. The molecule has 1 fully saturated rings. The molecule has 1 aliphatic rings. The van der Waals surface area contributed by atoms with E-state index < -0.39 is 0 Å². The van der Waals surface area contributed by atoms with Crippen molar-refractivity contribution in [1.82, 2.24) is 9.97 Å². The Morgan fingerprint density at radius 2 is 2.20 bits per heavy atom. The van der Waals surface area contributed by atoms with Crippen molar-refractivity contribution in [3.05, 3.63) is 11.9 Å². The molecule has 1 aromatic heterocycles. The Bertz CT molecular complexity index is 344. The van der Waals surface area contributed by atoms with Crippen LogP contribution in [0.1, 0.15) is 38.4 Å². The van der Waals surface area contributed by atoms with Gasteiger partial charge in [0, 0.05) is 18.5 Å². The number of hydrogen-bond donors (Lipinski definition) is 2. The molecule has 0 aromatic carbocycles. The second-order valence-electron chi connectivity index (χ2n) is 4.59. The maximum atomic E-state index is 5.74. The van der Waals surface area contributed by atoms with Crippen LogP contribution >= 0.6 is 0 Å². The highest BCUT2D eigenvalue weighted by atomic mass is 15.1. The molecule has 82 valence electrons. The van der Waals surface area contributed by atoms with Crippen molar-refractivity contribution < 1.29 is 0 Å². The predicted octanol–water partition coefficient (Wildman–Crippen LogP) is 2.00. The molecular formula is C11H18N4. The fraction of sp³-hybridized carbons (Fsp3) is 0.636. The lowest BCUT2D eigenvalue weighted by Crippen LogP contribution is -2.11. The van der Waals surface area contributed by atoms with Gasteiger partial charge in [0.1, 0.15) is 17.5 Å². The van der Waals surface area contributed by atoms with Crippen LogP contribution in [0.4, 0.5) is 11.6 Å². The largest absolute Gasteiger partial charge is 0.384 e. The summed E-state index contributed by atoms with van der Waals surface area (Å²) >= 11 is 0. The molecule has 4 heteroatoms. The molecule has 1 saturated carbocycles. The van der Waals surface area contributed by atoms with E-state index in [1.54, 1.807) is 6.07 Å². The minimum atomic E-state index is 0.549. The molecule has 4 nitrogen and oxygen atoms in total. The Labute approximate surface area is 90.3 Å². The molecule has 1 heterocycles. The van der Waals surface area contributed by atoms with Gasteiger partial charge < -0.3 is 11.1 Å². The zero-order valence-corrected chi connectivity index (χ0v) is 9.33. The highest BCUT2D eigenvalue weighted by Gasteiger charge is 2.27. The first-order valence-electron chi connectivity index (χ1n) is 5.53. The summed E-state index contributed by atoms with van der Waals surface area (Å²) in [6.45, 7) is 5.25. The summed E-state index contributed by atoms with van der Waals surface area (Å²) in [4.78, 5) is 8.71. The first-order valence-corrected chi connectivity index (χ1v) is 5.53. The minimum Gasteiger partial charge on any atom is -0.384 e. The molecule has 15 heavy (non-hydrogen) atoms. The zero-order chi connectivity index (χ0) is 10.8. The van der Waals surface area contributed by atoms with Crippen LogP contribution < -0.4 is 11.1 Å². The monoisotopic (exact) mass is 206 g/mol. The van der Waals surface area contributed by atoms with Gasteiger partial charge in [-0.2, -0.15) is 0 Å². The summed E-state index contributed by atoms with van der Waals surface area (Å²) in [5, 5.41) is 3.28. The van der Waals surface area contributed by atoms with Crippen LogP contribution in [0.15, 0.2) is 6.07 Å². The van der Waals surface area contributed by atoms with Crippen molar-refractivity contribution in [1.29, 1.82) is 0 Å². The van der Waals surface area contributed by atoms with Crippen LogP contribution in [0.25, 0.3) is 0 Å². The summed E-state index contributed by atoms with van der Waals surface area (Å²) in [7, 11) is 0. The standard InChI is InChI=1S/C11H18N4/c1-7(2)6-13-10-5-9(12)14-11(15-10)8-3-4-8/h5,7-8H,3-4,6H2,1-2H3,(H3,12,13,14,15). The van der Waals surface area contributed by atoms with Gasteiger partial charge in [0.05, 0.1) is 0 Å². The third-order valence-electron chi connectivity index (χ3n) is 2.40. The third kappa shape index (κ3) is 2.81. The number of nitrogens with two attached hydrogens (primary N) is 1. The van der Waals surface area contributed by atoms with Gasteiger partial charge in [0.2, 0.25) is 0 Å². The molecule has 3 N–H and O–H groups in total. The van der Waals surface area contributed by atoms with E-state index >= 15 is 0 Å². The maximum Gasteiger partial charge on any atom is 0.136 e. The normalized spacial score (nSPS) is 15.7. The van der Waals surface area contributed by atoms with Crippen molar-refractivity contribution in [2.24, 2.45) is 5.92 Å². The Morgan fingerprint density at radius 3 is 2.80 bits per heavy atom. The van der Waals surface area contributed by atoms with Crippen LogP contribution in [0.2, 0.25) is 0 Å². The van der Waals surface area contributed by atoms with Crippen molar-refractivity contribution in [3.8, 4) is 0 Å². The summed E-state index contributed by atoms with van der Waals surface area (Å²) in [6.07, 6.45) is 2.40. The SMILES string of the molecule is CC(C)CNc1cc(N)nc(C2CC2)n1. The van der Waals surface area contributed by atoms with E-state index in [0.717, 1.165) is 18.2 Å². The molecule has 1 aliphatic carbocycles. The third-order valence-corrected chi connectivity index (χ3v) is 2.40. The summed E-state index contributed by atoms with van der Waals surface area (Å²) < 4.78 is 0. The molecular weight excluding hydrogens is 188 g/mol. The van der Waals surface area contributed by atoms with Crippen molar-refractivity contribution in [3.63, 3.8) is 0 Å². The van der Waals surface area contributed by atoms with Crippen LogP contribution in [-0.4, -0.2) is 16.5 Å². The quantitative estimate of drug-likeness (QED) is 0.791. The molecule has 0 radical (unpaired) electrons. The number of hydrogen-bond acceptors (Lipinski definition) is 4. The zero-order valence-electron chi connectivity index (χ0n) is 9.33. The summed E-state index contributed by atoms with van der Waals surface area (Å²) in [5.74, 6) is 3.48. The predicted molar refractivity (Wildman–Crippen MR) is 61.7 cm³/mol. The van der Waals surface area contributed by atoms with Crippen LogP contribution in [0, 0.1) is 5.92 Å². The summed E-state index contributed by atoms with van der Waals surface area (Å²) in [6, 6.07) is 1.80. The van der Waals surface area contributed by atoms with E-state index in [2.05, 4.69) is 29.1 Å². The Hall–Kier alpha value is -1.32. The number of aromatic nitrogens is 2. The van der Waals surface area contributed by atoms with Gasteiger partial charge in [-0.15, -0.1) is 0 Å². The van der Waals surface area contributed by atoms with Crippen molar-refractivity contribution >= 4 is 11.6 Å². The highest BCUT2D eigenvalue weighted by Crippen LogP contribution is 2.38. The second kappa shape index (κ2) is 4.04. The van der Waals surface area contributed by atoms with E-state index in [1.165, 1.54) is 12.8 Å². The Morgan fingerprint density at radius 1 is 1.47 bits per heavy atom. The van der Waals surface area contributed by atoms with E-state index in [-0.39, 0.29) is 0 Å². The van der Waals surface area contributed by atoms with Crippen LogP contribution in [-0.2, 0) is 0 Å². The molecule has 0 bridgehead atoms. The lowest BCUT2D eigenvalue weighted by atomic mass is 10.2.